The van der Waals surface area contributed by atoms with Crippen LogP contribution in [0.5, 0.6) is 0 Å². The van der Waals surface area contributed by atoms with E-state index in [1.54, 1.807) is 0 Å². The zero-order chi connectivity index (χ0) is 32.2. The third-order valence-corrected chi connectivity index (χ3v) is 9.87. The number of hydrogen-bond donors (Lipinski definition) is 0. The van der Waals surface area contributed by atoms with Crippen LogP contribution in [0.4, 0.5) is 0 Å². The highest BCUT2D eigenvalue weighted by atomic mass is 16.9. The van der Waals surface area contributed by atoms with Gasteiger partial charge in [0.1, 0.15) is 0 Å². The van der Waals surface area contributed by atoms with Gasteiger partial charge in [0.05, 0.1) is 5.41 Å². The molecule has 0 aromatic heterocycles. The molecule has 0 radical (unpaired) electrons. The Morgan fingerprint density at radius 3 is 1.71 bits per heavy atom. The lowest BCUT2D eigenvalue weighted by molar-refractivity contribution is -0.412. The van der Waals surface area contributed by atoms with Crippen molar-refractivity contribution < 1.29 is 14.2 Å². The minimum absolute atomic E-state index is 0.392. The topological polar surface area (TPSA) is 27.7 Å². The molecule has 0 aliphatic heterocycles. The maximum Gasteiger partial charge on any atom is 0.293 e. The third kappa shape index (κ3) is 10.3. The normalized spacial score (nSPS) is 14.2. The lowest BCUT2D eigenvalue weighted by atomic mass is 9.67. The fourth-order valence-corrected chi connectivity index (χ4v) is 7.70. The van der Waals surface area contributed by atoms with Gasteiger partial charge in [0.25, 0.3) is 5.97 Å². The van der Waals surface area contributed by atoms with E-state index >= 15 is 0 Å². The number of rotatable bonds is 26. The monoisotopic (exact) mass is 619 g/mol. The number of hydrogen-bond acceptors (Lipinski definition) is 3. The summed E-state index contributed by atoms with van der Waals surface area (Å²) in [5, 5.41) is 0. The first-order valence-electron chi connectivity index (χ1n) is 18.9. The third-order valence-electron chi connectivity index (χ3n) is 9.87. The summed E-state index contributed by atoms with van der Waals surface area (Å²) >= 11 is 0. The number of allylic oxidation sites excluding steroid dienone is 2. The van der Waals surface area contributed by atoms with Crippen LogP contribution in [0.3, 0.4) is 0 Å². The van der Waals surface area contributed by atoms with Crippen molar-refractivity contribution >= 4 is 0 Å². The highest BCUT2D eigenvalue weighted by Crippen LogP contribution is 2.52. The van der Waals surface area contributed by atoms with E-state index in [4.69, 9.17) is 14.2 Å². The molecule has 252 valence electrons. The van der Waals surface area contributed by atoms with Gasteiger partial charge in [-0.3, -0.25) is 0 Å². The second kappa shape index (κ2) is 21.0. The molecule has 0 heterocycles. The quantitative estimate of drug-likeness (QED) is 0.0509. The predicted octanol–water partition coefficient (Wildman–Crippen LogP) is 12.5. The Labute approximate surface area is 277 Å². The summed E-state index contributed by atoms with van der Waals surface area (Å²) in [6, 6.07) is 15.9. The van der Waals surface area contributed by atoms with Crippen molar-refractivity contribution in [2.45, 2.75) is 162 Å². The Bertz CT molecular complexity index is 1090. The van der Waals surface area contributed by atoms with Gasteiger partial charge < -0.3 is 14.2 Å². The highest BCUT2D eigenvalue weighted by molar-refractivity contribution is 5.78. The molecule has 1 unspecified atom stereocenters. The van der Waals surface area contributed by atoms with Crippen molar-refractivity contribution in [2.75, 3.05) is 19.8 Å². The van der Waals surface area contributed by atoms with Crippen molar-refractivity contribution in [2.24, 2.45) is 0 Å². The van der Waals surface area contributed by atoms with Crippen LogP contribution in [0.15, 0.2) is 54.6 Å². The lowest BCUT2D eigenvalue weighted by Gasteiger charge is -2.50. The Kier molecular flexibility index (Phi) is 17.5. The summed E-state index contributed by atoms with van der Waals surface area (Å²) in [5.41, 5.74) is 6.63. The average Bonchev–Trinajstić information content (AvgIpc) is 3.43. The molecule has 3 heteroatoms. The second-order valence-electron chi connectivity index (χ2n) is 13.1. The van der Waals surface area contributed by atoms with Gasteiger partial charge in [-0.15, -0.1) is 0 Å². The molecule has 0 amide bonds. The Balaban J connectivity index is 1.97. The van der Waals surface area contributed by atoms with Gasteiger partial charge in [0.2, 0.25) is 0 Å². The van der Waals surface area contributed by atoms with Crippen LogP contribution in [-0.2, 0) is 26.0 Å². The van der Waals surface area contributed by atoms with Crippen molar-refractivity contribution in [3.63, 3.8) is 0 Å². The fraction of sp³-hybridized carbons (Fsp3) is 0.667. The SMILES string of the molecule is CC=CCCCCCCCCC(CCCCCCCCCC)(c1cccc2c1Cc1ccccc1-2)C(OCC)(OCC)OCC. The zero-order valence-corrected chi connectivity index (χ0v) is 29.8. The first-order valence-corrected chi connectivity index (χ1v) is 18.9. The average molecular weight is 619 g/mol. The lowest BCUT2D eigenvalue weighted by Crippen LogP contribution is -2.58. The van der Waals surface area contributed by atoms with Gasteiger partial charge in [-0.2, -0.15) is 0 Å². The van der Waals surface area contributed by atoms with E-state index in [9.17, 15) is 0 Å². The van der Waals surface area contributed by atoms with Gasteiger partial charge in [-0.25, -0.2) is 0 Å². The largest absolute Gasteiger partial charge is 0.327 e. The molecule has 0 fully saturated rings. The molecule has 3 nitrogen and oxygen atoms in total. The molecule has 0 N–H and O–H groups in total. The summed E-state index contributed by atoms with van der Waals surface area (Å²) < 4.78 is 20.3. The molecule has 1 aliphatic rings. The van der Waals surface area contributed by atoms with E-state index in [2.05, 4.69) is 89.2 Å². The Hall–Kier alpha value is -1.94. The van der Waals surface area contributed by atoms with Gasteiger partial charge in [-0.05, 0) is 87.6 Å². The maximum atomic E-state index is 6.77. The van der Waals surface area contributed by atoms with E-state index in [0.717, 1.165) is 32.1 Å². The zero-order valence-electron chi connectivity index (χ0n) is 29.8. The van der Waals surface area contributed by atoms with Gasteiger partial charge in [0, 0.05) is 19.8 Å². The minimum atomic E-state index is -1.11. The van der Waals surface area contributed by atoms with E-state index in [0.29, 0.717) is 19.8 Å². The van der Waals surface area contributed by atoms with Gasteiger partial charge in [-0.1, -0.05) is 145 Å². The highest BCUT2D eigenvalue weighted by Gasteiger charge is 2.56. The Morgan fingerprint density at radius 1 is 0.600 bits per heavy atom. The summed E-state index contributed by atoms with van der Waals surface area (Å²) in [6.07, 6.45) is 26.7. The maximum absolute atomic E-state index is 6.77. The minimum Gasteiger partial charge on any atom is -0.327 e. The van der Waals surface area contributed by atoms with Crippen molar-refractivity contribution in [1.82, 2.24) is 0 Å². The first kappa shape index (κ1) is 37.5. The fourth-order valence-electron chi connectivity index (χ4n) is 7.70. The molecular formula is C42H66O3. The van der Waals surface area contributed by atoms with Crippen LogP contribution < -0.4 is 0 Å². The summed E-state index contributed by atoms with van der Waals surface area (Å²) in [6.45, 7) is 12.4. The summed E-state index contributed by atoms with van der Waals surface area (Å²) in [7, 11) is 0. The second-order valence-corrected chi connectivity index (χ2v) is 13.1. The van der Waals surface area contributed by atoms with Crippen molar-refractivity contribution in [3.05, 3.63) is 71.3 Å². The van der Waals surface area contributed by atoms with Crippen molar-refractivity contribution in [3.8, 4) is 11.1 Å². The van der Waals surface area contributed by atoms with E-state index < -0.39 is 11.4 Å². The molecule has 0 bridgehead atoms. The standard InChI is InChI=1S/C42H66O3/c1-6-11-13-15-17-19-21-23-27-34-41(33-26-22-20-18-16-14-12-7-2,42(43-8-3,44-9-4)45-10-5)40-32-28-31-38-37-30-25-24-29-36(37)35-39(38)40/h6,11,24-25,28-32H,7-10,12-23,26-27,33-35H2,1-5H3. The van der Waals surface area contributed by atoms with Gasteiger partial charge in [0.15, 0.2) is 0 Å². The number of ether oxygens (including phenoxy) is 3. The number of fused-ring (bicyclic) bond motifs is 3. The predicted molar refractivity (Wildman–Crippen MR) is 193 cm³/mol. The molecule has 45 heavy (non-hydrogen) atoms. The first-order chi connectivity index (χ1) is 22.1. The van der Waals surface area contributed by atoms with Crippen LogP contribution in [0, 0.1) is 0 Å². The van der Waals surface area contributed by atoms with Crippen LogP contribution in [-0.4, -0.2) is 25.8 Å². The van der Waals surface area contributed by atoms with Crippen molar-refractivity contribution in [1.29, 1.82) is 0 Å². The molecule has 0 saturated heterocycles. The summed E-state index contributed by atoms with van der Waals surface area (Å²) in [5.74, 6) is -1.11. The van der Waals surface area contributed by atoms with Crippen LogP contribution in [0.25, 0.3) is 11.1 Å². The van der Waals surface area contributed by atoms with Gasteiger partial charge >= 0.3 is 0 Å². The molecule has 1 aliphatic carbocycles. The summed E-state index contributed by atoms with van der Waals surface area (Å²) in [4.78, 5) is 0. The van der Waals surface area contributed by atoms with E-state index in [1.165, 1.54) is 111 Å². The molecule has 0 spiro atoms. The molecule has 1 atom stereocenters. The number of benzene rings is 2. The molecule has 3 rings (SSSR count). The molecule has 0 saturated carbocycles. The van der Waals surface area contributed by atoms with E-state index in [1.807, 2.05) is 0 Å². The van der Waals surface area contributed by atoms with Crippen LogP contribution in [0.2, 0.25) is 0 Å². The smallest absolute Gasteiger partial charge is 0.293 e. The van der Waals surface area contributed by atoms with Crippen LogP contribution >= 0.6 is 0 Å². The van der Waals surface area contributed by atoms with E-state index in [-0.39, 0.29) is 0 Å². The molecular weight excluding hydrogens is 552 g/mol. The molecule has 2 aromatic rings. The molecule has 2 aromatic carbocycles. The number of unbranched alkanes of at least 4 members (excludes halogenated alkanes) is 13. The van der Waals surface area contributed by atoms with Crippen LogP contribution in [0.1, 0.15) is 160 Å². The Morgan fingerprint density at radius 2 is 1.13 bits per heavy atom.